The van der Waals surface area contributed by atoms with Crippen LogP contribution < -0.4 is 0 Å². The van der Waals surface area contributed by atoms with E-state index < -0.39 is 23.4 Å². The number of carboxylic acid groups (broad SMARTS) is 2. The molecule has 4 N–H and O–H groups in total. The summed E-state index contributed by atoms with van der Waals surface area (Å²) in [5, 5.41) is 42.8. The molecular weight excluding hydrogens is 773 g/mol. The van der Waals surface area contributed by atoms with E-state index in [1.807, 2.05) is 13.8 Å². The quantitative estimate of drug-likeness (QED) is 0.0766. The van der Waals surface area contributed by atoms with Gasteiger partial charge in [0.25, 0.3) is 0 Å². The van der Waals surface area contributed by atoms with E-state index in [0.717, 1.165) is 37.9 Å². The van der Waals surface area contributed by atoms with Crippen molar-refractivity contribution in [3.8, 4) is 11.5 Å². The number of aromatic hydroxyl groups is 2. The lowest BCUT2D eigenvalue weighted by Gasteiger charge is -2.21. The number of aliphatic imine (C=N–C) groups is 2. The lowest BCUT2D eigenvalue weighted by Crippen LogP contribution is -2.28. The maximum atomic E-state index is 13.2. The summed E-state index contributed by atoms with van der Waals surface area (Å²) < 4.78 is 0. The Morgan fingerprint density at radius 1 is 0.525 bits per heavy atom. The summed E-state index contributed by atoms with van der Waals surface area (Å²) in [6, 6.07) is 27.2. The number of carbonyl (C=O) groups is 4. The predicted molar refractivity (Wildman–Crippen MR) is 239 cm³/mol. The lowest BCUT2D eigenvalue weighted by atomic mass is 9.83. The van der Waals surface area contributed by atoms with Crippen molar-refractivity contribution < 1.29 is 39.6 Å². The summed E-state index contributed by atoms with van der Waals surface area (Å²) >= 11 is 0. The number of aromatic carboxylic acids is 2. The Morgan fingerprint density at radius 3 is 1.23 bits per heavy atom. The zero-order valence-electron chi connectivity index (χ0n) is 35.0. The first-order valence-corrected chi connectivity index (χ1v) is 20.1. The molecule has 12 heteroatoms. The van der Waals surface area contributed by atoms with Crippen LogP contribution in [0.3, 0.4) is 0 Å². The fourth-order valence-corrected chi connectivity index (χ4v) is 7.83. The highest BCUT2D eigenvalue weighted by Gasteiger charge is 2.30. The summed E-state index contributed by atoms with van der Waals surface area (Å²) in [6.07, 6.45) is -0.0407. The maximum absolute atomic E-state index is 13.2. The Hall–Kier alpha value is -7.34. The summed E-state index contributed by atoms with van der Waals surface area (Å²) in [5.41, 5.74) is 3.12. The van der Waals surface area contributed by atoms with Crippen LogP contribution in [0, 0.1) is 0 Å². The van der Waals surface area contributed by atoms with Gasteiger partial charge < -0.3 is 30.2 Å². The maximum Gasteiger partial charge on any atom is 0.339 e. The highest BCUT2D eigenvalue weighted by molar-refractivity contribution is 6.29. The number of hydrogen-bond acceptors (Lipinski definition) is 8. The minimum Gasteiger partial charge on any atom is -0.507 e. The van der Waals surface area contributed by atoms with Crippen LogP contribution in [0.25, 0.3) is 21.5 Å². The number of benzene rings is 6. The van der Waals surface area contributed by atoms with E-state index in [0.29, 0.717) is 66.3 Å². The topological polar surface area (TPSA) is 180 Å². The van der Waals surface area contributed by atoms with E-state index in [2.05, 4.69) is 47.5 Å². The van der Waals surface area contributed by atoms with E-state index in [-0.39, 0.29) is 29.1 Å². The van der Waals surface area contributed by atoms with Crippen molar-refractivity contribution in [1.82, 2.24) is 9.80 Å². The number of carboxylic acids is 2. The van der Waals surface area contributed by atoms with E-state index in [1.54, 1.807) is 84.9 Å². The van der Waals surface area contributed by atoms with Gasteiger partial charge in [0.2, 0.25) is 0 Å². The number of hydrogen-bond donors (Lipinski definition) is 4. The monoisotopic (exact) mass is 820 g/mol. The number of ketones is 2. The van der Waals surface area contributed by atoms with Crippen molar-refractivity contribution in [3.05, 3.63) is 142 Å². The van der Waals surface area contributed by atoms with E-state index in [4.69, 9.17) is 0 Å². The molecule has 0 fully saturated rings. The summed E-state index contributed by atoms with van der Waals surface area (Å²) in [4.78, 5) is 63.3. The molecule has 1 aliphatic carbocycles. The van der Waals surface area contributed by atoms with E-state index in [9.17, 15) is 39.6 Å². The van der Waals surface area contributed by atoms with Gasteiger partial charge in [-0.3, -0.25) is 9.59 Å². The molecule has 0 radical (unpaired) electrons. The molecule has 6 aromatic carbocycles. The predicted octanol–water partition coefficient (Wildman–Crippen LogP) is 9.64. The van der Waals surface area contributed by atoms with Gasteiger partial charge in [-0.25, -0.2) is 19.6 Å². The molecule has 0 bridgehead atoms. The molecule has 61 heavy (non-hydrogen) atoms. The molecule has 0 saturated heterocycles. The number of rotatable bonds is 10. The second kappa shape index (κ2) is 18.3. The van der Waals surface area contributed by atoms with Crippen molar-refractivity contribution in [2.45, 2.75) is 48.0 Å². The third kappa shape index (κ3) is 8.70. The summed E-state index contributed by atoms with van der Waals surface area (Å²) in [7, 11) is 0. The van der Waals surface area contributed by atoms with Crippen LogP contribution in [0.1, 0.15) is 105 Å². The van der Waals surface area contributed by atoms with Crippen LogP contribution in [0.5, 0.6) is 11.5 Å². The van der Waals surface area contributed by atoms with Crippen LogP contribution >= 0.6 is 0 Å². The largest absolute Gasteiger partial charge is 0.507 e. The molecule has 1 aliphatic rings. The van der Waals surface area contributed by atoms with Crippen molar-refractivity contribution in [2.24, 2.45) is 9.98 Å². The highest BCUT2D eigenvalue weighted by Crippen LogP contribution is 2.39. The Morgan fingerprint density at radius 2 is 0.885 bits per heavy atom. The SMILES string of the molecule is CCN(CC)C(C)=Nc1ccc2c(c1)C(=O)c1ccc(N=C(C)N(CC)CC)cc1C2=O.O=C(O)c1cc2ccccc2c(Cc2c(O)c(C(=O)O)cc3ccccc23)c1O. The smallest absolute Gasteiger partial charge is 0.339 e. The Kier molecular flexibility index (Phi) is 13.0. The molecule has 0 aliphatic heterocycles. The zero-order valence-corrected chi connectivity index (χ0v) is 35.0. The van der Waals surface area contributed by atoms with Crippen molar-refractivity contribution in [2.75, 3.05) is 26.2 Å². The van der Waals surface area contributed by atoms with Gasteiger partial charge in [-0.05, 0) is 112 Å². The third-order valence-electron chi connectivity index (χ3n) is 11.1. The summed E-state index contributed by atoms with van der Waals surface area (Å²) in [6.45, 7) is 15.7. The normalized spacial score (nSPS) is 12.4. The van der Waals surface area contributed by atoms with Gasteiger partial charge in [0.1, 0.15) is 34.3 Å². The molecule has 0 unspecified atom stereocenters. The van der Waals surface area contributed by atoms with Crippen LogP contribution in [-0.2, 0) is 6.42 Å². The van der Waals surface area contributed by atoms with Gasteiger partial charge >= 0.3 is 11.9 Å². The van der Waals surface area contributed by atoms with Crippen LogP contribution in [0.2, 0.25) is 0 Å². The molecule has 0 heterocycles. The molecule has 0 spiro atoms. The van der Waals surface area contributed by atoms with Crippen molar-refractivity contribution in [3.63, 3.8) is 0 Å². The molecule has 0 saturated carbocycles. The first-order chi connectivity index (χ1) is 29.2. The fourth-order valence-electron chi connectivity index (χ4n) is 7.83. The molecule has 12 nitrogen and oxygen atoms in total. The molecule has 6 aromatic rings. The second-order valence-electron chi connectivity index (χ2n) is 14.5. The van der Waals surface area contributed by atoms with Gasteiger partial charge in [0.15, 0.2) is 11.6 Å². The van der Waals surface area contributed by atoms with E-state index in [1.165, 1.54) is 12.1 Å². The summed E-state index contributed by atoms with van der Waals surface area (Å²) in [5.74, 6) is -1.88. The molecule has 312 valence electrons. The molecule has 0 atom stereocenters. The molecule has 0 amide bonds. The number of carbonyl (C=O) groups excluding carboxylic acids is 2. The third-order valence-corrected chi connectivity index (χ3v) is 11.1. The number of nitrogens with zero attached hydrogens (tertiary/aromatic N) is 4. The molecule has 0 aromatic heterocycles. The average molecular weight is 821 g/mol. The van der Waals surface area contributed by atoms with Gasteiger partial charge in [0.05, 0.1) is 11.4 Å². The average Bonchev–Trinajstić information content (AvgIpc) is 3.25. The molecule has 7 rings (SSSR count). The standard InChI is InChI=1S/C26H32N4O2.C23H16O6/c1-7-29(8-2)17(5)27-19-11-13-21-23(15-19)25(31)22-14-12-20(16-24(22)26(21)32)28-18(6)30(9-3)10-4;24-20-16(14-7-3-1-5-12(14)9-18(20)22(26)27)11-17-15-8-4-2-6-13(15)10-19(21(17)25)23(28)29/h11-16H,7-10H2,1-6H3;1-10,24-25H,11H2,(H,26,27)(H,28,29). The van der Waals surface area contributed by atoms with Crippen LogP contribution in [0.15, 0.2) is 107 Å². The minimum absolute atomic E-state index is 0.0407. The van der Waals surface area contributed by atoms with E-state index >= 15 is 0 Å². The van der Waals surface area contributed by atoms with Crippen LogP contribution in [-0.4, -0.2) is 91.6 Å². The Labute approximate surface area is 353 Å². The Bertz CT molecular complexity index is 2590. The fraction of sp³-hybridized carbons (Fsp3) is 0.224. The molecular formula is C49H48N4O8. The first-order valence-electron chi connectivity index (χ1n) is 20.1. The first kappa shape index (κ1) is 43.2. The number of phenols is 2. The van der Waals surface area contributed by atoms with Gasteiger partial charge in [0, 0.05) is 66.0 Å². The van der Waals surface area contributed by atoms with Crippen LogP contribution in [0.4, 0.5) is 11.4 Å². The number of amidine groups is 2. The lowest BCUT2D eigenvalue weighted by molar-refractivity contribution is 0.0682. The second-order valence-corrected chi connectivity index (χ2v) is 14.5. The van der Waals surface area contributed by atoms with Gasteiger partial charge in [-0.1, -0.05) is 48.5 Å². The Balaban J connectivity index is 0.000000205. The highest BCUT2D eigenvalue weighted by atomic mass is 16.4. The van der Waals surface area contributed by atoms with Crippen molar-refractivity contribution >= 4 is 68.1 Å². The van der Waals surface area contributed by atoms with Gasteiger partial charge in [-0.2, -0.15) is 0 Å². The van der Waals surface area contributed by atoms with Gasteiger partial charge in [-0.15, -0.1) is 0 Å². The minimum atomic E-state index is -1.28. The van der Waals surface area contributed by atoms with Crippen molar-refractivity contribution in [1.29, 1.82) is 0 Å². The zero-order chi connectivity index (χ0) is 44.1. The number of fused-ring (bicyclic) bond motifs is 4.